The zero-order valence-electron chi connectivity index (χ0n) is 15.3. The molecular weight excluding hydrogens is 324 g/mol. The molecule has 1 saturated heterocycles. The molecule has 1 aromatic heterocycles. The Hall–Kier alpha value is -2.31. The van der Waals surface area contributed by atoms with Crippen LogP contribution in [0, 0.1) is 0 Å². The average molecular weight is 350 g/mol. The van der Waals surface area contributed by atoms with E-state index in [0.29, 0.717) is 12.3 Å². The van der Waals surface area contributed by atoms with Crippen molar-refractivity contribution in [2.45, 2.75) is 52.2 Å². The van der Waals surface area contributed by atoms with Gasteiger partial charge in [-0.2, -0.15) is 0 Å². The third-order valence-corrected chi connectivity index (χ3v) is 3.68. The van der Waals surface area contributed by atoms with Gasteiger partial charge < -0.3 is 19.1 Å². The van der Waals surface area contributed by atoms with E-state index in [4.69, 9.17) is 14.2 Å². The van der Waals surface area contributed by atoms with Crippen molar-refractivity contribution < 1.29 is 23.8 Å². The van der Waals surface area contributed by atoms with E-state index in [0.717, 1.165) is 12.8 Å². The summed E-state index contributed by atoms with van der Waals surface area (Å²) >= 11 is 0. The van der Waals surface area contributed by atoms with E-state index in [1.165, 1.54) is 6.20 Å². The number of esters is 1. The molecule has 7 nitrogen and oxygen atoms in total. The molecule has 7 heteroatoms. The minimum Gasteiger partial charge on any atom is -0.489 e. The van der Waals surface area contributed by atoms with Gasteiger partial charge in [0.2, 0.25) is 0 Å². The lowest BCUT2D eigenvalue weighted by atomic mass is 10.2. The Balaban J connectivity index is 2.01. The Morgan fingerprint density at radius 2 is 2.12 bits per heavy atom. The first kappa shape index (κ1) is 19.0. The van der Waals surface area contributed by atoms with Crippen molar-refractivity contribution in [2.75, 3.05) is 19.8 Å². The van der Waals surface area contributed by atoms with Crippen molar-refractivity contribution in [3.8, 4) is 5.75 Å². The van der Waals surface area contributed by atoms with E-state index in [2.05, 4.69) is 4.98 Å². The Morgan fingerprint density at radius 1 is 1.36 bits per heavy atom. The fourth-order valence-corrected chi connectivity index (χ4v) is 2.62. The molecule has 2 heterocycles. The van der Waals surface area contributed by atoms with Crippen LogP contribution in [0.4, 0.5) is 4.79 Å². The summed E-state index contributed by atoms with van der Waals surface area (Å²) in [5, 5.41) is 0. The Bertz CT molecular complexity index is 612. The van der Waals surface area contributed by atoms with E-state index >= 15 is 0 Å². The number of amides is 1. The quantitative estimate of drug-likeness (QED) is 0.760. The first-order valence-corrected chi connectivity index (χ1v) is 8.56. The SMILES string of the molecule is CCOC(=O)c1ncccc1OC[C@H]1CCCN1C(=O)OC(C)(C)C. The summed E-state index contributed by atoms with van der Waals surface area (Å²) in [6.45, 7) is 8.44. The number of carbonyl (C=O) groups excluding carboxylic acids is 2. The van der Waals surface area contributed by atoms with Crippen LogP contribution in [-0.4, -0.2) is 53.3 Å². The van der Waals surface area contributed by atoms with E-state index in [9.17, 15) is 9.59 Å². The second kappa shape index (κ2) is 8.18. The van der Waals surface area contributed by atoms with Gasteiger partial charge in [-0.25, -0.2) is 14.6 Å². The molecule has 0 radical (unpaired) electrons. The second-order valence-corrected chi connectivity index (χ2v) is 6.85. The number of aromatic nitrogens is 1. The molecular formula is C18H26N2O5. The zero-order chi connectivity index (χ0) is 18.4. The van der Waals surface area contributed by atoms with Gasteiger partial charge in [-0.3, -0.25) is 0 Å². The molecule has 1 fully saturated rings. The average Bonchev–Trinajstić information content (AvgIpc) is 3.00. The lowest BCUT2D eigenvalue weighted by Crippen LogP contribution is -2.42. The van der Waals surface area contributed by atoms with Crippen LogP contribution in [0.3, 0.4) is 0 Å². The van der Waals surface area contributed by atoms with Crippen LogP contribution in [0.2, 0.25) is 0 Å². The van der Waals surface area contributed by atoms with Gasteiger partial charge in [0.25, 0.3) is 0 Å². The molecule has 138 valence electrons. The van der Waals surface area contributed by atoms with Gasteiger partial charge in [-0.05, 0) is 52.7 Å². The van der Waals surface area contributed by atoms with Crippen LogP contribution in [0.25, 0.3) is 0 Å². The van der Waals surface area contributed by atoms with E-state index in [1.54, 1.807) is 24.0 Å². The molecule has 0 aromatic carbocycles. The minimum atomic E-state index is -0.536. The molecule has 0 spiro atoms. The smallest absolute Gasteiger partial charge is 0.410 e. The van der Waals surface area contributed by atoms with Crippen LogP contribution >= 0.6 is 0 Å². The molecule has 1 aliphatic rings. The van der Waals surface area contributed by atoms with Gasteiger partial charge in [-0.15, -0.1) is 0 Å². The van der Waals surface area contributed by atoms with Crippen molar-refractivity contribution in [1.29, 1.82) is 0 Å². The highest BCUT2D eigenvalue weighted by Gasteiger charge is 2.33. The summed E-state index contributed by atoms with van der Waals surface area (Å²) in [5.41, 5.74) is -0.392. The van der Waals surface area contributed by atoms with Crippen LogP contribution in [0.1, 0.15) is 51.0 Å². The number of rotatable bonds is 5. The number of carbonyl (C=O) groups is 2. The first-order valence-electron chi connectivity index (χ1n) is 8.56. The number of likely N-dealkylation sites (tertiary alicyclic amines) is 1. The highest BCUT2D eigenvalue weighted by atomic mass is 16.6. The van der Waals surface area contributed by atoms with E-state index in [1.807, 2.05) is 20.8 Å². The van der Waals surface area contributed by atoms with Crippen LogP contribution in [-0.2, 0) is 9.47 Å². The minimum absolute atomic E-state index is 0.0925. The maximum absolute atomic E-state index is 12.3. The molecule has 0 unspecified atom stereocenters. The number of hydrogen-bond donors (Lipinski definition) is 0. The van der Waals surface area contributed by atoms with Crippen LogP contribution < -0.4 is 4.74 Å². The predicted molar refractivity (Wildman–Crippen MR) is 91.7 cm³/mol. The summed E-state index contributed by atoms with van der Waals surface area (Å²) in [6.07, 6.45) is 2.90. The summed E-state index contributed by atoms with van der Waals surface area (Å²) in [6, 6.07) is 3.27. The molecule has 0 aliphatic carbocycles. The van der Waals surface area contributed by atoms with Gasteiger partial charge in [-0.1, -0.05) is 0 Å². The predicted octanol–water partition coefficient (Wildman–Crippen LogP) is 3.04. The maximum Gasteiger partial charge on any atom is 0.410 e. The zero-order valence-corrected chi connectivity index (χ0v) is 15.3. The molecule has 0 bridgehead atoms. The highest BCUT2D eigenvalue weighted by Crippen LogP contribution is 2.23. The first-order chi connectivity index (χ1) is 11.8. The summed E-state index contributed by atoms with van der Waals surface area (Å²) < 4.78 is 16.2. The fraction of sp³-hybridized carbons (Fsp3) is 0.611. The molecule has 1 atom stereocenters. The Morgan fingerprint density at radius 3 is 2.80 bits per heavy atom. The molecule has 0 N–H and O–H groups in total. The van der Waals surface area contributed by atoms with Gasteiger partial charge in [0.1, 0.15) is 12.2 Å². The lowest BCUT2D eigenvalue weighted by molar-refractivity contribution is 0.0185. The maximum atomic E-state index is 12.3. The van der Waals surface area contributed by atoms with Crippen molar-refractivity contribution in [3.63, 3.8) is 0 Å². The fourth-order valence-electron chi connectivity index (χ4n) is 2.62. The van der Waals surface area contributed by atoms with Crippen LogP contribution in [0.5, 0.6) is 5.75 Å². The van der Waals surface area contributed by atoms with Gasteiger partial charge >= 0.3 is 12.1 Å². The number of pyridine rings is 1. The second-order valence-electron chi connectivity index (χ2n) is 6.85. The molecule has 2 rings (SSSR count). The number of ether oxygens (including phenoxy) is 3. The van der Waals surface area contributed by atoms with E-state index in [-0.39, 0.29) is 31.0 Å². The molecule has 1 aliphatic heterocycles. The van der Waals surface area contributed by atoms with E-state index < -0.39 is 11.6 Å². The number of hydrogen-bond acceptors (Lipinski definition) is 6. The van der Waals surface area contributed by atoms with Gasteiger partial charge in [0.05, 0.1) is 12.6 Å². The van der Waals surface area contributed by atoms with Gasteiger partial charge in [0, 0.05) is 12.7 Å². The van der Waals surface area contributed by atoms with Crippen molar-refractivity contribution in [1.82, 2.24) is 9.88 Å². The largest absolute Gasteiger partial charge is 0.489 e. The number of nitrogens with zero attached hydrogens (tertiary/aromatic N) is 2. The van der Waals surface area contributed by atoms with Crippen molar-refractivity contribution in [3.05, 3.63) is 24.0 Å². The van der Waals surface area contributed by atoms with Gasteiger partial charge in [0.15, 0.2) is 11.4 Å². The normalized spacial score (nSPS) is 17.3. The molecule has 1 amide bonds. The monoisotopic (exact) mass is 350 g/mol. The Labute approximate surface area is 148 Å². The molecule has 0 saturated carbocycles. The summed E-state index contributed by atoms with van der Waals surface area (Å²) in [4.78, 5) is 30.0. The standard InChI is InChI=1S/C18H26N2O5/c1-5-23-16(21)15-14(9-6-10-19-15)24-12-13-8-7-11-20(13)17(22)25-18(2,3)4/h6,9-10,13H,5,7-8,11-12H2,1-4H3/t13-/m1/s1. The summed E-state index contributed by atoms with van der Waals surface area (Å²) in [5.74, 6) is -0.162. The van der Waals surface area contributed by atoms with Crippen molar-refractivity contribution >= 4 is 12.1 Å². The molecule has 1 aromatic rings. The topological polar surface area (TPSA) is 78.0 Å². The lowest BCUT2D eigenvalue weighted by Gasteiger charge is -2.28. The van der Waals surface area contributed by atoms with Crippen LogP contribution in [0.15, 0.2) is 18.3 Å². The van der Waals surface area contributed by atoms with Crippen molar-refractivity contribution in [2.24, 2.45) is 0 Å². The molecule has 25 heavy (non-hydrogen) atoms. The summed E-state index contributed by atoms with van der Waals surface area (Å²) in [7, 11) is 0. The third kappa shape index (κ3) is 5.34. The Kier molecular flexibility index (Phi) is 6.22. The third-order valence-electron chi connectivity index (χ3n) is 3.68. The highest BCUT2D eigenvalue weighted by molar-refractivity contribution is 5.90.